The van der Waals surface area contributed by atoms with Gasteiger partial charge in [-0.1, -0.05) is 26.3 Å². The molecule has 1 aromatic heterocycles. The highest BCUT2D eigenvalue weighted by atomic mass is 16.2. The third-order valence-corrected chi connectivity index (χ3v) is 3.58. The Balaban J connectivity index is 2.10. The molecule has 2 rings (SSSR count). The molecular formula is C16H21N3O. The first-order valence-corrected chi connectivity index (χ1v) is 6.91. The molecule has 0 saturated carbocycles. The van der Waals surface area contributed by atoms with Crippen molar-refractivity contribution in [3.05, 3.63) is 48.8 Å². The van der Waals surface area contributed by atoms with Gasteiger partial charge in [0.2, 0.25) is 5.91 Å². The molecule has 1 heterocycles. The van der Waals surface area contributed by atoms with Gasteiger partial charge < -0.3 is 15.6 Å². The van der Waals surface area contributed by atoms with Crippen molar-refractivity contribution < 1.29 is 4.79 Å². The summed E-state index contributed by atoms with van der Waals surface area (Å²) in [7, 11) is 0. The fourth-order valence-corrected chi connectivity index (χ4v) is 1.99. The summed E-state index contributed by atoms with van der Waals surface area (Å²) in [5, 5.41) is 2.88. The van der Waals surface area contributed by atoms with E-state index in [4.69, 9.17) is 5.73 Å². The Labute approximate surface area is 119 Å². The van der Waals surface area contributed by atoms with E-state index in [0.717, 1.165) is 17.8 Å². The molecule has 0 bridgehead atoms. The standard InChI is InChI=1S/C16H21N3O/c1-3-12(2)15(17)16(20)18-13-7-6-8-14(11-13)19-9-4-5-10-19/h4-12,15H,3,17H2,1-2H3,(H,18,20)/t12-,15-/m0/s1. The number of nitrogens with zero attached hydrogens (tertiary/aromatic N) is 1. The minimum atomic E-state index is -0.477. The van der Waals surface area contributed by atoms with E-state index >= 15 is 0 Å². The number of benzene rings is 1. The zero-order chi connectivity index (χ0) is 14.5. The molecule has 0 aliphatic heterocycles. The van der Waals surface area contributed by atoms with Gasteiger partial charge in [0.1, 0.15) is 0 Å². The molecule has 0 radical (unpaired) electrons. The maximum absolute atomic E-state index is 12.1. The molecule has 2 aromatic rings. The number of aromatic nitrogens is 1. The maximum Gasteiger partial charge on any atom is 0.241 e. The van der Waals surface area contributed by atoms with Crippen LogP contribution in [0.5, 0.6) is 0 Å². The van der Waals surface area contributed by atoms with Gasteiger partial charge in [-0.3, -0.25) is 4.79 Å². The zero-order valence-corrected chi connectivity index (χ0v) is 11.9. The number of rotatable bonds is 5. The monoisotopic (exact) mass is 271 g/mol. The van der Waals surface area contributed by atoms with Crippen LogP contribution in [0, 0.1) is 5.92 Å². The number of nitrogens with one attached hydrogen (secondary N) is 1. The number of anilines is 1. The average Bonchev–Trinajstić information content (AvgIpc) is 3.00. The highest BCUT2D eigenvalue weighted by Crippen LogP contribution is 2.16. The zero-order valence-electron chi connectivity index (χ0n) is 11.9. The van der Waals surface area contributed by atoms with Crippen molar-refractivity contribution in [3.8, 4) is 5.69 Å². The molecule has 0 fully saturated rings. The number of hydrogen-bond donors (Lipinski definition) is 2. The quantitative estimate of drug-likeness (QED) is 0.878. The van der Waals surface area contributed by atoms with Crippen molar-refractivity contribution in [2.45, 2.75) is 26.3 Å². The van der Waals surface area contributed by atoms with Gasteiger partial charge in [-0.25, -0.2) is 0 Å². The Morgan fingerprint density at radius 2 is 2.00 bits per heavy atom. The van der Waals surface area contributed by atoms with Gasteiger partial charge in [0, 0.05) is 23.8 Å². The minimum absolute atomic E-state index is 0.135. The number of carbonyl (C=O) groups is 1. The van der Waals surface area contributed by atoms with E-state index in [0.29, 0.717) is 0 Å². The van der Waals surface area contributed by atoms with Crippen LogP contribution in [0.3, 0.4) is 0 Å². The Kier molecular flexibility index (Phi) is 4.58. The molecule has 106 valence electrons. The van der Waals surface area contributed by atoms with Crippen LogP contribution in [-0.2, 0) is 4.79 Å². The maximum atomic E-state index is 12.1. The van der Waals surface area contributed by atoms with Gasteiger partial charge in [-0.2, -0.15) is 0 Å². The summed E-state index contributed by atoms with van der Waals surface area (Å²) in [5.41, 5.74) is 7.70. The van der Waals surface area contributed by atoms with E-state index in [9.17, 15) is 4.79 Å². The largest absolute Gasteiger partial charge is 0.325 e. The van der Waals surface area contributed by atoms with Crippen molar-refractivity contribution in [1.29, 1.82) is 0 Å². The lowest BCUT2D eigenvalue weighted by Gasteiger charge is -2.18. The molecule has 2 atom stereocenters. The second kappa shape index (κ2) is 6.39. The lowest BCUT2D eigenvalue weighted by Crippen LogP contribution is -2.40. The number of amides is 1. The Bertz CT molecular complexity index is 563. The minimum Gasteiger partial charge on any atom is -0.325 e. The second-order valence-corrected chi connectivity index (χ2v) is 5.04. The molecule has 1 aromatic carbocycles. The topological polar surface area (TPSA) is 60.1 Å². The van der Waals surface area contributed by atoms with Crippen LogP contribution < -0.4 is 11.1 Å². The van der Waals surface area contributed by atoms with Gasteiger partial charge >= 0.3 is 0 Å². The summed E-state index contributed by atoms with van der Waals surface area (Å²) in [6, 6.07) is 11.2. The Morgan fingerprint density at radius 1 is 1.30 bits per heavy atom. The van der Waals surface area contributed by atoms with Gasteiger partial charge in [-0.05, 0) is 36.2 Å². The molecule has 0 aliphatic rings. The van der Waals surface area contributed by atoms with E-state index in [1.54, 1.807) is 0 Å². The lowest BCUT2D eigenvalue weighted by molar-refractivity contribution is -0.118. The van der Waals surface area contributed by atoms with Crippen LogP contribution in [-0.4, -0.2) is 16.5 Å². The number of carbonyl (C=O) groups excluding carboxylic acids is 1. The molecule has 1 amide bonds. The van der Waals surface area contributed by atoms with Gasteiger partial charge in [0.25, 0.3) is 0 Å². The molecule has 0 unspecified atom stereocenters. The number of hydrogen-bond acceptors (Lipinski definition) is 2. The number of nitrogens with two attached hydrogens (primary N) is 1. The van der Waals surface area contributed by atoms with Crippen molar-refractivity contribution in [3.63, 3.8) is 0 Å². The van der Waals surface area contributed by atoms with E-state index in [1.165, 1.54) is 0 Å². The smallest absolute Gasteiger partial charge is 0.241 e. The molecule has 4 nitrogen and oxygen atoms in total. The van der Waals surface area contributed by atoms with Crippen molar-refractivity contribution in [1.82, 2.24) is 4.57 Å². The summed E-state index contributed by atoms with van der Waals surface area (Å²) >= 11 is 0. The fraction of sp³-hybridized carbons (Fsp3) is 0.312. The Hall–Kier alpha value is -2.07. The second-order valence-electron chi connectivity index (χ2n) is 5.04. The molecule has 0 spiro atoms. The molecule has 4 heteroatoms. The summed E-state index contributed by atoms with van der Waals surface area (Å²) in [6.07, 6.45) is 4.82. The van der Waals surface area contributed by atoms with Crippen LogP contribution in [0.2, 0.25) is 0 Å². The summed E-state index contributed by atoms with van der Waals surface area (Å²) in [4.78, 5) is 12.1. The molecule has 20 heavy (non-hydrogen) atoms. The van der Waals surface area contributed by atoms with Crippen LogP contribution >= 0.6 is 0 Å². The van der Waals surface area contributed by atoms with Crippen molar-refractivity contribution >= 4 is 11.6 Å². The fourth-order valence-electron chi connectivity index (χ4n) is 1.99. The average molecular weight is 271 g/mol. The van der Waals surface area contributed by atoms with E-state index in [-0.39, 0.29) is 11.8 Å². The predicted octanol–water partition coefficient (Wildman–Crippen LogP) is 2.79. The first-order valence-electron chi connectivity index (χ1n) is 6.91. The van der Waals surface area contributed by atoms with Crippen molar-refractivity contribution in [2.24, 2.45) is 11.7 Å². The van der Waals surface area contributed by atoms with E-state index < -0.39 is 6.04 Å². The predicted molar refractivity (Wildman–Crippen MR) is 81.8 cm³/mol. The third kappa shape index (κ3) is 3.27. The van der Waals surface area contributed by atoms with Gasteiger partial charge in [0.05, 0.1) is 6.04 Å². The summed E-state index contributed by atoms with van der Waals surface area (Å²) < 4.78 is 1.99. The van der Waals surface area contributed by atoms with Crippen LogP contribution in [0.1, 0.15) is 20.3 Å². The van der Waals surface area contributed by atoms with E-state index in [2.05, 4.69) is 5.32 Å². The molecular weight excluding hydrogens is 250 g/mol. The lowest BCUT2D eigenvalue weighted by atomic mass is 9.99. The Morgan fingerprint density at radius 3 is 2.65 bits per heavy atom. The van der Waals surface area contributed by atoms with Crippen LogP contribution in [0.4, 0.5) is 5.69 Å². The summed E-state index contributed by atoms with van der Waals surface area (Å²) in [5.74, 6) is 0.0339. The normalized spacial score (nSPS) is 13.8. The van der Waals surface area contributed by atoms with Gasteiger partial charge in [0.15, 0.2) is 0 Å². The SMILES string of the molecule is CC[C@H](C)[C@H](N)C(=O)Nc1cccc(-n2cccc2)c1. The van der Waals surface area contributed by atoms with Crippen LogP contribution in [0.25, 0.3) is 5.69 Å². The van der Waals surface area contributed by atoms with Crippen LogP contribution in [0.15, 0.2) is 48.8 Å². The first-order chi connectivity index (χ1) is 9.61. The van der Waals surface area contributed by atoms with Gasteiger partial charge in [-0.15, -0.1) is 0 Å². The first kappa shape index (κ1) is 14.3. The summed E-state index contributed by atoms with van der Waals surface area (Å²) in [6.45, 7) is 4.02. The molecule has 0 saturated heterocycles. The van der Waals surface area contributed by atoms with Crippen molar-refractivity contribution in [2.75, 3.05) is 5.32 Å². The highest BCUT2D eigenvalue weighted by molar-refractivity contribution is 5.95. The highest BCUT2D eigenvalue weighted by Gasteiger charge is 2.19. The molecule has 3 N–H and O–H groups in total. The third-order valence-electron chi connectivity index (χ3n) is 3.58. The molecule has 0 aliphatic carbocycles. The van der Waals surface area contributed by atoms with E-state index in [1.807, 2.05) is 67.2 Å².